The molecule has 3 aromatic rings. The largest absolute Gasteiger partial charge is 0.366 e. The van der Waals surface area contributed by atoms with Gasteiger partial charge in [0.05, 0.1) is 0 Å². The minimum Gasteiger partial charge on any atom is -0.366 e. The molecule has 1 fully saturated rings. The fourth-order valence-electron chi connectivity index (χ4n) is 3.37. The number of fused-ring (bicyclic) bond motifs is 3. The molecule has 1 amide bonds. The highest BCUT2D eigenvalue weighted by Crippen LogP contribution is 2.37. The molecule has 1 heterocycles. The minimum atomic E-state index is -0.351. The Morgan fingerprint density at radius 1 is 1.23 bits per heavy atom. The number of carbonyl (C=O) groups excluding carboxylic acids is 1. The van der Waals surface area contributed by atoms with Crippen molar-refractivity contribution in [2.24, 2.45) is 11.7 Å². The number of hydrogen-bond acceptors (Lipinski definition) is 1. The average Bonchev–Trinajstić information content (AvgIpc) is 3.30. The Morgan fingerprint density at radius 2 is 2.05 bits per heavy atom. The van der Waals surface area contributed by atoms with Gasteiger partial charge in [0.25, 0.3) is 0 Å². The lowest BCUT2D eigenvalue weighted by Crippen LogP contribution is -2.11. The van der Waals surface area contributed by atoms with E-state index in [1.165, 1.54) is 23.9 Å². The van der Waals surface area contributed by atoms with Crippen LogP contribution < -0.4 is 5.73 Å². The maximum absolute atomic E-state index is 11.8. The zero-order valence-corrected chi connectivity index (χ0v) is 12.8. The summed E-state index contributed by atoms with van der Waals surface area (Å²) < 4.78 is 2.38. The molecule has 2 aromatic carbocycles. The second-order valence-corrected chi connectivity index (χ2v) is 6.32. The third-order valence-electron chi connectivity index (χ3n) is 4.77. The van der Waals surface area contributed by atoms with Crippen LogP contribution in [0.4, 0.5) is 0 Å². The summed E-state index contributed by atoms with van der Waals surface area (Å²) >= 11 is 0. The van der Waals surface area contributed by atoms with Gasteiger partial charge in [0.1, 0.15) is 0 Å². The highest BCUT2D eigenvalue weighted by molar-refractivity contribution is 6.17. The molecule has 3 nitrogen and oxygen atoms in total. The average molecular weight is 292 g/mol. The Kier molecular flexibility index (Phi) is 2.96. The first kappa shape index (κ1) is 13.4. The molecule has 0 atom stereocenters. The van der Waals surface area contributed by atoms with Gasteiger partial charge >= 0.3 is 0 Å². The van der Waals surface area contributed by atoms with Crippen molar-refractivity contribution in [2.45, 2.75) is 32.7 Å². The van der Waals surface area contributed by atoms with Crippen LogP contribution in [-0.4, -0.2) is 10.5 Å². The maximum Gasteiger partial charge on any atom is 0.249 e. The van der Waals surface area contributed by atoms with E-state index < -0.39 is 0 Å². The smallest absolute Gasteiger partial charge is 0.249 e. The molecule has 0 saturated heterocycles. The number of aryl methyl sites for hydroxylation is 1. The molecule has 0 spiro atoms. The van der Waals surface area contributed by atoms with Crippen LogP contribution in [0.25, 0.3) is 21.8 Å². The molecule has 3 heteroatoms. The number of rotatable bonds is 4. The van der Waals surface area contributed by atoms with E-state index in [4.69, 9.17) is 5.73 Å². The van der Waals surface area contributed by atoms with Crippen molar-refractivity contribution in [1.29, 1.82) is 0 Å². The highest BCUT2D eigenvalue weighted by atomic mass is 16.1. The Bertz CT molecular complexity index is 887. The van der Waals surface area contributed by atoms with Crippen LogP contribution in [0.2, 0.25) is 0 Å². The van der Waals surface area contributed by atoms with Gasteiger partial charge in [-0.2, -0.15) is 0 Å². The van der Waals surface area contributed by atoms with Gasteiger partial charge in [-0.1, -0.05) is 25.1 Å². The molecule has 22 heavy (non-hydrogen) atoms. The first-order chi connectivity index (χ1) is 10.7. The predicted octanol–water partition coefficient (Wildman–Crippen LogP) is 3.87. The number of carbonyl (C=O) groups is 1. The summed E-state index contributed by atoms with van der Waals surface area (Å²) in [6, 6.07) is 12.4. The van der Waals surface area contributed by atoms with Crippen molar-refractivity contribution in [2.75, 3.05) is 0 Å². The number of benzene rings is 2. The topological polar surface area (TPSA) is 48.0 Å². The molecule has 0 bridgehead atoms. The third-order valence-corrected chi connectivity index (χ3v) is 4.77. The molecule has 0 aliphatic heterocycles. The molecular formula is C19H20N2O. The van der Waals surface area contributed by atoms with Gasteiger partial charge in [-0.3, -0.25) is 4.79 Å². The van der Waals surface area contributed by atoms with Crippen LogP contribution in [0.5, 0.6) is 0 Å². The summed E-state index contributed by atoms with van der Waals surface area (Å²) in [6.07, 6.45) is 3.64. The molecular weight excluding hydrogens is 272 g/mol. The van der Waals surface area contributed by atoms with Crippen LogP contribution >= 0.6 is 0 Å². The normalized spacial score (nSPS) is 14.8. The Labute approximate surface area is 129 Å². The Hall–Kier alpha value is -2.29. The number of nitrogens with zero attached hydrogens (tertiary/aromatic N) is 1. The van der Waals surface area contributed by atoms with E-state index in [2.05, 4.69) is 35.8 Å². The van der Waals surface area contributed by atoms with Crippen molar-refractivity contribution < 1.29 is 4.79 Å². The number of primary amides is 1. The minimum absolute atomic E-state index is 0.351. The molecule has 0 radical (unpaired) electrons. The van der Waals surface area contributed by atoms with E-state index in [1.54, 1.807) is 0 Å². The monoisotopic (exact) mass is 292 g/mol. The summed E-state index contributed by atoms with van der Waals surface area (Å²) in [7, 11) is 0. The van der Waals surface area contributed by atoms with Gasteiger partial charge in [-0.15, -0.1) is 0 Å². The number of aromatic nitrogens is 1. The summed E-state index contributed by atoms with van der Waals surface area (Å²) in [6.45, 7) is 3.21. The van der Waals surface area contributed by atoms with Crippen LogP contribution in [-0.2, 0) is 13.0 Å². The van der Waals surface area contributed by atoms with Crippen molar-refractivity contribution in [3.05, 3.63) is 47.5 Å². The van der Waals surface area contributed by atoms with Gasteiger partial charge in [0, 0.05) is 33.9 Å². The zero-order chi connectivity index (χ0) is 15.3. The molecule has 1 aliphatic carbocycles. The van der Waals surface area contributed by atoms with Crippen LogP contribution in [0, 0.1) is 5.92 Å². The lowest BCUT2D eigenvalue weighted by Gasteiger charge is -2.07. The Morgan fingerprint density at radius 3 is 2.73 bits per heavy atom. The van der Waals surface area contributed by atoms with Gasteiger partial charge in [-0.05, 0) is 48.9 Å². The van der Waals surface area contributed by atoms with E-state index >= 15 is 0 Å². The standard InChI is InChI=1S/C19H20N2O/c1-2-12-8-9-14-17(10-12)21(11-13-6-7-13)16-5-3-4-15(18(14)16)19(20)22/h3-5,8-10,13H,2,6-7,11H2,1H3,(H2,20,22). The Balaban J connectivity index is 2.10. The zero-order valence-electron chi connectivity index (χ0n) is 12.8. The van der Waals surface area contributed by atoms with E-state index in [0.29, 0.717) is 5.56 Å². The van der Waals surface area contributed by atoms with Crippen molar-refractivity contribution in [3.63, 3.8) is 0 Å². The number of hydrogen-bond donors (Lipinski definition) is 1. The fourth-order valence-corrected chi connectivity index (χ4v) is 3.37. The predicted molar refractivity (Wildman–Crippen MR) is 90.1 cm³/mol. The molecule has 2 N–H and O–H groups in total. The second-order valence-electron chi connectivity index (χ2n) is 6.32. The van der Waals surface area contributed by atoms with Gasteiger partial charge in [-0.25, -0.2) is 0 Å². The first-order valence-electron chi connectivity index (χ1n) is 8.02. The van der Waals surface area contributed by atoms with Gasteiger partial charge in [0.2, 0.25) is 5.91 Å². The van der Waals surface area contributed by atoms with Crippen molar-refractivity contribution in [1.82, 2.24) is 4.57 Å². The summed E-state index contributed by atoms with van der Waals surface area (Å²) in [5, 5.41) is 2.15. The number of nitrogens with two attached hydrogens (primary N) is 1. The highest BCUT2D eigenvalue weighted by Gasteiger charge is 2.24. The molecule has 1 aliphatic rings. The van der Waals surface area contributed by atoms with E-state index in [9.17, 15) is 4.79 Å². The third kappa shape index (κ3) is 2.00. The lowest BCUT2D eigenvalue weighted by atomic mass is 10.0. The molecule has 1 aromatic heterocycles. The second kappa shape index (κ2) is 4.87. The molecule has 0 unspecified atom stereocenters. The van der Waals surface area contributed by atoms with Crippen LogP contribution in [0.1, 0.15) is 35.7 Å². The lowest BCUT2D eigenvalue weighted by molar-refractivity contribution is 0.100. The molecule has 1 saturated carbocycles. The van der Waals surface area contributed by atoms with Gasteiger partial charge < -0.3 is 10.3 Å². The maximum atomic E-state index is 11.8. The summed E-state index contributed by atoms with van der Waals surface area (Å²) in [5.74, 6) is 0.428. The van der Waals surface area contributed by atoms with Crippen LogP contribution in [0.15, 0.2) is 36.4 Å². The SMILES string of the molecule is CCc1ccc2c3c(C(N)=O)cccc3n(CC3CC3)c2c1. The number of amides is 1. The fraction of sp³-hybridized carbons (Fsp3) is 0.316. The van der Waals surface area contributed by atoms with E-state index in [-0.39, 0.29) is 5.91 Å². The van der Waals surface area contributed by atoms with Crippen molar-refractivity contribution >= 4 is 27.7 Å². The molecule has 4 rings (SSSR count). The first-order valence-corrected chi connectivity index (χ1v) is 8.02. The molecule has 112 valence electrons. The quantitative estimate of drug-likeness (QED) is 0.779. The van der Waals surface area contributed by atoms with E-state index in [1.807, 2.05) is 12.1 Å². The van der Waals surface area contributed by atoms with E-state index in [0.717, 1.165) is 35.2 Å². The van der Waals surface area contributed by atoms with Crippen LogP contribution in [0.3, 0.4) is 0 Å². The summed E-state index contributed by atoms with van der Waals surface area (Å²) in [4.78, 5) is 11.8. The van der Waals surface area contributed by atoms with Gasteiger partial charge in [0.15, 0.2) is 0 Å². The summed E-state index contributed by atoms with van der Waals surface area (Å²) in [5.41, 5.74) is 9.92. The van der Waals surface area contributed by atoms with Crippen molar-refractivity contribution in [3.8, 4) is 0 Å².